The Labute approximate surface area is 152 Å². The van der Waals surface area contributed by atoms with Crippen molar-refractivity contribution in [3.8, 4) is 5.75 Å². The predicted molar refractivity (Wildman–Crippen MR) is 100 cm³/mol. The van der Waals surface area contributed by atoms with Gasteiger partial charge in [0.2, 0.25) is 0 Å². The van der Waals surface area contributed by atoms with Gasteiger partial charge in [0.25, 0.3) is 0 Å². The fraction of sp³-hybridized carbons (Fsp3) is 0.0526. The Hall–Kier alpha value is -2.50. The fourth-order valence-corrected chi connectivity index (χ4v) is 3.32. The van der Waals surface area contributed by atoms with Crippen molar-refractivity contribution in [2.75, 3.05) is 5.32 Å². The lowest BCUT2D eigenvalue weighted by Crippen LogP contribution is -2.11. The molecule has 0 bridgehead atoms. The molecule has 0 radical (unpaired) electrons. The first-order chi connectivity index (χ1) is 11.9. The van der Waals surface area contributed by atoms with E-state index in [1.54, 1.807) is 24.3 Å². The summed E-state index contributed by atoms with van der Waals surface area (Å²) in [6.07, 6.45) is 0. The van der Waals surface area contributed by atoms with Gasteiger partial charge in [0.1, 0.15) is 4.90 Å². The van der Waals surface area contributed by atoms with Gasteiger partial charge >= 0.3 is 10.1 Å². The van der Waals surface area contributed by atoms with E-state index in [0.29, 0.717) is 10.7 Å². The Morgan fingerprint density at radius 2 is 1.60 bits per heavy atom. The van der Waals surface area contributed by atoms with E-state index in [2.05, 4.69) is 5.32 Å². The Morgan fingerprint density at radius 1 is 0.920 bits per heavy atom. The molecule has 3 aromatic rings. The van der Waals surface area contributed by atoms with Crippen molar-refractivity contribution in [1.82, 2.24) is 0 Å². The van der Waals surface area contributed by atoms with Crippen LogP contribution in [0.4, 0.5) is 11.4 Å². The summed E-state index contributed by atoms with van der Waals surface area (Å²) in [6.45, 7) is 1.89. The number of rotatable bonds is 5. The van der Waals surface area contributed by atoms with Crippen LogP contribution in [0, 0.1) is 6.92 Å². The summed E-state index contributed by atoms with van der Waals surface area (Å²) in [4.78, 5) is 0.0868. The number of anilines is 2. The summed E-state index contributed by atoms with van der Waals surface area (Å²) in [6, 6.07) is 20.7. The molecule has 0 heterocycles. The second kappa shape index (κ2) is 7.17. The van der Waals surface area contributed by atoms with E-state index in [-0.39, 0.29) is 10.6 Å². The molecule has 0 saturated heterocycles. The molecule has 0 aliphatic heterocycles. The average Bonchev–Trinajstić information content (AvgIpc) is 2.58. The zero-order chi connectivity index (χ0) is 17.9. The molecule has 0 amide bonds. The molecule has 0 aliphatic carbocycles. The maximum atomic E-state index is 12.5. The molecule has 0 fully saturated rings. The molecule has 0 aromatic heterocycles. The van der Waals surface area contributed by atoms with Crippen LogP contribution in [-0.4, -0.2) is 8.42 Å². The predicted octanol–water partition coefficient (Wildman–Crippen LogP) is 5.16. The molecule has 0 unspecified atom stereocenters. The van der Waals surface area contributed by atoms with Crippen LogP contribution < -0.4 is 9.50 Å². The van der Waals surface area contributed by atoms with Crippen LogP contribution in [0.25, 0.3) is 0 Å². The molecule has 25 heavy (non-hydrogen) atoms. The second-order valence-corrected chi connectivity index (χ2v) is 7.46. The quantitative estimate of drug-likeness (QED) is 0.627. The molecule has 128 valence electrons. The smallest absolute Gasteiger partial charge is 0.339 e. The lowest BCUT2D eigenvalue weighted by atomic mass is 10.2. The van der Waals surface area contributed by atoms with Crippen LogP contribution >= 0.6 is 11.6 Å². The summed E-state index contributed by atoms with van der Waals surface area (Å²) in [7, 11) is -3.96. The zero-order valence-corrected chi connectivity index (χ0v) is 15.0. The lowest BCUT2D eigenvalue weighted by molar-refractivity contribution is 0.487. The van der Waals surface area contributed by atoms with Crippen molar-refractivity contribution >= 4 is 33.1 Å². The highest BCUT2D eigenvalue weighted by atomic mass is 35.5. The highest BCUT2D eigenvalue weighted by molar-refractivity contribution is 7.87. The molecule has 3 rings (SSSR count). The van der Waals surface area contributed by atoms with Crippen LogP contribution in [-0.2, 0) is 10.1 Å². The first kappa shape index (κ1) is 17.3. The van der Waals surface area contributed by atoms with Crippen LogP contribution in [0.1, 0.15) is 5.56 Å². The number of hydrogen-bond donors (Lipinski definition) is 1. The fourth-order valence-electron chi connectivity index (χ4n) is 2.22. The van der Waals surface area contributed by atoms with Gasteiger partial charge in [-0.2, -0.15) is 8.42 Å². The van der Waals surface area contributed by atoms with E-state index in [1.165, 1.54) is 18.2 Å². The Morgan fingerprint density at radius 3 is 2.28 bits per heavy atom. The van der Waals surface area contributed by atoms with E-state index in [1.807, 2.05) is 37.3 Å². The second-order valence-electron chi connectivity index (χ2n) is 5.48. The third kappa shape index (κ3) is 4.32. The molecular formula is C19H16ClNO3S. The number of halogens is 1. The molecule has 4 nitrogen and oxygen atoms in total. The van der Waals surface area contributed by atoms with Gasteiger partial charge in [-0.3, -0.25) is 0 Å². The van der Waals surface area contributed by atoms with Crippen LogP contribution in [0.3, 0.4) is 0 Å². The van der Waals surface area contributed by atoms with Gasteiger partial charge in [-0.05, 0) is 43.3 Å². The third-order valence-electron chi connectivity index (χ3n) is 3.51. The number of aryl methyl sites for hydroxylation is 1. The van der Waals surface area contributed by atoms with Gasteiger partial charge in [-0.15, -0.1) is 0 Å². The molecule has 0 aliphatic rings. The average molecular weight is 374 g/mol. The van der Waals surface area contributed by atoms with Gasteiger partial charge in [0.05, 0.1) is 5.69 Å². The minimum absolute atomic E-state index is 0.0868. The van der Waals surface area contributed by atoms with Crippen LogP contribution in [0.2, 0.25) is 5.02 Å². The summed E-state index contributed by atoms with van der Waals surface area (Å²) in [5.74, 6) is 0.136. The minimum atomic E-state index is -3.96. The summed E-state index contributed by atoms with van der Waals surface area (Å²) >= 11 is 6.01. The number of hydrogen-bond acceptors (Lipinski definition) is 4. The van der Waals surface area contributed by atoms with E-state index in [0.717, 1.165) is 11.3 Å². The van der Waals surface area contributed by atoms with Gasteiger partial charge in [0, 0.05) is 16.8 Å². The topological polar surface area (TPSA) is 55.4 Å². The van der Waals surface area contributed by atoms with E-state index < -0.39 is 10.1 Å². The highest BCUT2D eigenvalue weighted by Crippen LogP contribution is 2.33. The number of benzene rings is 3. The lowest BCUT2D eigenvalue weighted by Gasteiger charge is -2.14. The molecule has 0 spiro atoms. The Kier molecular flexibility index (Phi) is 4.97. The molecule has 1 N–H and O–H groups in total. The van der Waals surface area contributed by atoms with E-state index in [4.69, 9.17) is 15.8 Å². The van der Waals surface area contributed by atoms with Gasteiger partial charge in [-0.25, -0.2) is 0 Å². The van der Waals surface area contributed by atoms with Crippen molar-refractivity contribution < 1.29 is 12.6 Å². The first-order valence-corrected chi connectivity index (χ1v) is 9.35. The Bertz CT molecular complexity index is 971. The molecule has 0 saturated carbocycles. The SMILES string of the molecule is Cc1ccc(S(=O)(=O)Oc2cc(Cl)ccc2Nc2ccccc2)cc1. The maximum Gasteiger partial charge on any atom is 0.339 e. The Balaban J connectivity index is 1.93. The van der Waals surface area contributed by atoms with Crippen molar-refractivity contribution in [1.29, 1.82) is 0 Å². The summed E-state index contributed by atoms with van der Waals surface area (Å²) < 4.78 is 30.4. The van der Waals surface area contributed by atoms with E-state index in [9.17, 15) is 8.42 Å². The van der Waals surface area contributed by atoms with Gasteiger partial charge in [-0.1, -0.05) is 47.5 Å². The van der Waals surface area contributed by atoms with Crippen molar-refractivity contribution in [2.24, 2.45) is 0 Å². The number of para-hydroxylation sites is 1. The minimum Gasteiger partial charge on any atom is -0.377 e. The largest absolute Gasteiger partial charge is 0.377 e. The standard InChI is InChI=1S/C19H16ClNO3S/c1-14-7-10-17(11-8-14)25(22,23)24-19-13-15(20)9-12-18(19)21-16-5-3-2-4-6-16/h2-13,21H,1H3. The van der Waals surface area contributed by atoms with Gasteiger partial charge in [0.15, 0.2) is 5.75 Å². The zero-order valence-electron chi connectivity index (χ0n) is 13.4. The first-order valence-electron chi connectivity index (χ1n) is 7.57. The van der Waals surface area contributed by atoms with E-state index >= 15 is 0 Å². The van der Waals surface area contributed by atoms with Crippen LogP contribution in [0.5, 0.6) is 5.75 Å². The normalized spacial score (nSPS) is 11.1. The van der Waals surface area contributed by atoms with Crippen molar-refractivity contribution in [2.45, 2.75) is 11.8 Å². The summed E-state index contributed by atoms with van der Waals surface area (Å²) in [5, 5.41) is 3.52. The molecule has 0 atom stereocenters. The molecular weight excluding hydrogens is 358 g/mol. The van der Waals surface area contributed by atoms with Gasteiger partial charge < -0.3 is 9.50 Å². The van der Waals surface area contributed by atoms with Crippen molar-refractivity contribution in [3.05, 3.63) is 83.4 Å². The molecule has 3 aromatic carbocycles. The maximum absolute atomic E-state index is 12.5. The summed E-state index contributed by atoms with van der Waals surface area (Å²) in [5.41, 5.74) is 2.28. The van der Waals surface area contributed by atoms with Crippen molar-refractivity contribution in [3.63, 3.8) is 0 Å². The number of nitrogens with one attached hydrogen (secondary N) is 1. The third-order valence-corrected chi connectivity index (χ3v) is 4.99. The van der Waals surface area contributed by atoms with Crippen LogP contribution in [0.15, 0.2) is 77.7 Å². The highest BCUT2D eigenvalue weighted by Gasteiger charge is 2.19. The monoisotopic (exact) mass is 373 g/mol. The molecule has 6 heteroatoms.